The predicted molar refractivity (Wildman–Crippen MR) is 145 cm³/mol. The summed E-state index contributed by atoms with van der Waals surface area (Å²) in [4.78, 5) is 4.77. The third kappa shape index (κ3) is 4.20. The second-order valence-corrected chi connectivity index (χ2v) is 9.61. The molecule has 0 aliphatic heterocycles. The zero-order chi connectivity index (χ0) is 23.8. The van der Waals surface area contributed by atoms with Gasteiger partial charge in [0.15, 0.2) is 0 Å². The summed E-state index contributed by atoms with van der Waals surface area (Å²) in [6, 6.07) is 29.5. The highest BCUT2D eigenvalue weighted by Crippen LogP contribution is 2.32. The normalized spacial score (nSPS) is 12.2. The molecule has 4 aromatic carbocycles. The number of fused-ring (bicyclic) bond motifs is 6. The molecule has 2 heterocycles. The van der Waals surface area contributed by atoms with Crippen molar-refractivity contribution in [3.63, 3.8) is 0 Å². The van der Waals surface area contributed by atoms with E-state index in [1.165, 1.54) is 32.7 Å². The van der Waals surface area contributed by atoms with Crippen molar-refractivity contribution in [3.05, 3.63) is 96.1 Å². The van der Waals surface area contributed by atoms with Crippen molar-refractivity contribution in [2.45, 2.75) is 19.5 Å². The van der Waals surface area contributed by atoms with Crippen LogP contribution in [-0.2, 0) is 13.1 Å². The maximum Gasteiger partial charge on any atom is 0.139 e. The maximum absolute atomic E-state index is 6.21. The summed E-state index contributed by atoms with van der Waals surface area (Å²) in [5.41, 5.74) is 6.42. The zero-order valence-electron chi connectivity index (χ0n) is 20.3. The first-order valence-corrected chi connectivity index (χ1v) is 12.3. The smallest absolute Gasteiger partial charge is 0.139 e. The molecule has 0 spiro atoms. The highest BCUT2D eigenvalue weighted by molar-refractivity contribution is 6.06. The predicted octanol–water partition coefficient (Wildman–Crippen LogP) is 7.44. The molecule has 0 saturated carbocycles. The van der Waals surface area contributed by atoms with Crippen molar-refractivity contribution >= 4 is 43.9 Å². The van der Waals surface area contributed by atoms with Crippen molar-refractivity contribution in [3.8, 4) is 0 Å². The van der Waals surface area contributed by atoms with Gasteiger partial charge in [-0.1, -0.05) is 72.8 Å². The Bertz CT molecular complexity index is 1510. The van der Waals surface area contributed by atoms with Crippen LogP contribution in [0.4, 0.5) is 0 Å². The van der Waals surface area contributed by atoms with Gasteiger partial charge in [-0.25, -0.2) is 0 Å². The lowest BCUT2D eigenvalue weighted by atomic mass is 10.1. The van der Waals surface area contributed by atoms with Gasteiger partial charge in [0, 0.05) is 45.8 Å². The molecular formula is C31H30N2O2. The minimum Gasteiger partial charge on any atom is -0.456 e. The van der Waals surface area contributed by atoms with Gasteiger partial charge in [0.2, 0.25) is 0 Å². The summed E-state index contributed by atoms with van der Waals surface area (Å²) in [5.74, 6) is 0. The minimum absolute atomic E-state index is 0.874. The maximum atomic E-state index is 6.21. The van der Waals surface area contributed by atoms with E-state index in [9.17, 15) is 0 Å². The summed E-state index contributed by atoms with van der Waals surface area (Å²) in [6.07, 6.45) is 1.10. The van der Waals surface area contributed by atoms with E-state index in [1.54, 1.807) is 0 Å². The Labute approximate surface area is 205 Å². The van der Waals surface area contributed by atoms with E-state index < -0.39 is 0 Å². The van der Waals surface area contributed by atoms with E-state index >= 15 is 0 Å². The average molecular weight is 463 g/mol. The fourth-order valence-electron chi connectivity index (χ4n) is 5.21. The molecule has 0 bridgehead atoms. The fourth-order valence-corrected chi connectivity index (χ4v) is 5.21. The number of hydrogen-bond donors (Lipinski definition) is 0. The second-order valence-electron chi connectivity index (χ2n) is 9.61. The summed E-state index contributed by atoms with van der Waals surface area (Å²) in [5, 5.41) is 4.78. The number of rotatable bonds is 8. The summed E-state index contributed by atoms with van der Waals surface area (Å²) >= 11 is 0. The van der Waals surface area contributed by atoms with Gasteiger partial charge in [-0.05, 0) is 45.7 Å². The molecule has 0 aliphatic rings. The first kappa shape index (κ1) is 21.9. The van der Waals surface area contributed by atoms with Gasteiger partial charge in [-0.15, -0.1) is 0 Å². The molecule has 0 aliphatic carbocycles. The summed E-state index contributed by atoms with van der Waals surface area (Å²) in [6.45, 7) is 3.80. The molecule has 0 fully saturated rings. The van der Waals surface area contributed by atoms with E-state index in [2.05, 4.69) is 84.6 Å². The number of hydrogen-bond acceptors (Lipinski definition) is 4. The van der Waals surface area contributed by atoms with E-state index in [0.29, 0.717) is 0 Å². The van der Waals surface area contributed by atoms with E-state index in [0.717, 1.165) is 54.9 Å². The Morgan fingerprint density at radius 3 is 1.43 bits per heavy atom. The van der Waals surface area contributed by atoms with Crippen molar-refractivity contribution in [2.24, 2.45) is 0 Å². The van der Waals surface area contributed by atoms with Gasteiger partial charge < -0.3 is 18.6 Å². The molecule has 0 radical (unpaired) electrons. The number of para-hydroxylation sites is 4. The van der Waals surface area contributed by atoms with Gasteiger partial charge in [0.05, 0.1) is 0 Å². The SMILES string of the molecule is CN(CCCN(C)Cc1cccc2c1oc1ccccc12)Cc1cccc2c1oc1ccccc12. The van der Waals surface area contributed by atoms with Crippen LogP contribution in [0.5, 0.6) is 0 Å². The van der Waals surface area contributed by atoms with Gasteiger partial charge in [-0.3, -0.25) is 0 Å². The fraction of sp³-hybridized carbons (Fsp3) is 0.226. The van der Waals surface area contributed by atoms with E-state index in [1.807, 2.05) is 24.3 Å². The molecule has 35 heavy (non-hydrogen) atoms. The molecule has 6 aromatic rings. The quantitative estimate of drug-likeness (QED) is 0.235. The molecule has 0 saturated heterocycles. The van der Waals surface area contributed by atoms with Crippen LogP contribution in [0.25, 0.3) is 43.9 Å². The lowest BCUT2D eigenvalue weighted by Crippen LogP contribution is -2.25. The molecule has 0 atom stereocenters. The Hall–Kier alpha value is -3.60. The van der Waals surface area contributed by atoms with Gasteiger partial charge in [0.1, 0.15) is 22.3 Å². The van der Waals surface area contributed by atoms with Crippen LogP contribution >= 0.6 is 0 Å². The molecule has 4 nitrogen and oxygen atoms in total. The van der Waals surface area contributed by atoms with Crippen LogP contribution in [0, 0.1) is 0 Å². The van der Waals surface area contributed by atoms with Crippen LogP contribution in [-0.4, -0.2) is 37.0 Å². The highest BCUT2D eigenvalue weighted by Gasteiger charge is 2.13. The number of benzene rings is 4. The van der Waals surface area contributed by atoms with Gasteiger partial charge in [-0.2, -0.15) is 0 Å². The van der Waals surface area contributed by atoms with Crippen molar-refractivity contribution in [1.82, 2.24) is 9.80 Å². The molecular weight excluding hydrogens is 432 g/mol. The molecule has 2 aromatic heterocycles. The molecule has 176 valence electrons. The van der Waals surface area contributed by atoms with Gasteiger partial charge >= 0.3 is 0 Å². The Morgan fingerprint density at radius 2 is 0.943 bits per heavy atom. The first-order valence-electron chi connectivity index (χ1n) is 12.3. The average Bonchev–Trinajstić information content (AvgIpc) is 3.44. The Balaban J connectivity index is 1.09. The molecule has 0 amide bonds. The molecule has 0 N–H and O–H groups in total. The van der Waals surface area contributed by atoms with E-state index in [4.69, 9.17) is 8.83 Å². The molecule has 6 rings (SSSR count). The Morgan fingerprint density at radius 1 is 0.514 bits per heavy atom. The number of furan rings is 2. The standard InChI is InChI=1S/C31H30N2O2/c1-32(20-22-10-7-14-26-24-12-3-5-16-28(24)34-30(22)26)18-9-19-33(2)21-23-11-8-15-27-25-13-4-6-17-29(25)35-31(23)27/h3-8,10-17H,9,18-21H2,1-2H3. The largest absolute Gasteiger partial charge is 0.456 e. The van der Waals surface area contributed by atoms with Gasteiger partial charge in [0.25, 0.3) is 0 Å². The molecule has 0 unspecified atom stereocenters. The second kappa shape index (κ2) is 9.21. The number of nitrogens with zero attached hydrogens (tertiary/aromatic N) is 2. The van der Waals surface area contributed by atoms with Crippen LogP contribution < -0.4 is 0 Å². The molecule has 4 heteroatoms. The highest BCUT2D eigenvalue weighted by atomic mass is 16.3. The van der Waals surface area contributed by atoms with Crippen LogP contribution in [0.1, 0.15) is 17.5 Å². The third-order valence-corrected chi connectivity index (χ3v) is 6.93. The van der Waals surface area contributed by atoms with Crippen molar-refractivity contribution in [1.29, 1.82) is 0 Å². The Kier molecular flexibility index (Phi) is 5.77. The van der Waals surface area contributed by atoms with Crippen LogP contribution in [0.15, 0.2) is 93.8 Å². The topological polar surface area (TPSA) is 32.8 Å². The van der Waals surface area contributed by atoms with Crippen LogP contribution in [0.2, 0.25) is 0 Å². The monoisotopic (exact) mass is 462 g/mol. The lowest BCUT2D eigenvalue weighted by Gasteiger charge is -2.20. The van der Waals surface area contributed by atoms with E-state index in [-0.39, 0.29) is 0 Å². The zero-order valence-corrected chi connectivity index (χ0v) is 20.3. The first-order chi connectivity index (χ1) is 17.2. The summed E-state index contributed by atoms with van der Waals surface area (Å²) in [7, 11) is 4.38. The van der Waals surface area contributed by atoms with Crippen LogP contribution in [0.3, 0.4) is 0 Å². The lowest BCUT2D eigenvalue weighted by molar-refractivity contribution is 0.270. The minimum atomic E-state index is 0.874. The van der Waals surface area contributed by atoms with Crippen molar-refractivity contribution in [2.75, 3.05) is 27.2 Å². The van der Waals surface area contributed by atoms with Crippen molar-refractivity contribution < 1.29 is 8.83 Å². The third-order valence-electron chi connectivity index (χ3n) is 6.93. The summed E-state index contributed by atoms with van der Waals surface area (Å²) < 4.78 is 12.4.